The zero-order valence-corrected chi connectivity index (χ0v) is 5.12. The minimum atomic E-state index is 0.465. The summed E-state index contributed by atoms with van der Waals surface area (Å²) in [5.74, 6) is 0. The highest BCUT2D eigenvalue weighted by molar-refractivity contribution is 6.23. The zero-order chi connectivity index (χ0) is 4.83. The lowest BCUT2D eigenvalue weighted by Gasteiger charge is -1.90. The first kappa shape index (κ1) is 6.14. The average molecular weight is 103 g/mol. The molecule has 0 aliphatic heterocycles. The highest BCUT2D eigenvalue weighted by atomic mass is 28.2. The molecule has 2 nitrogen and oxygen atoms in total. The van der Waals surface area contributed by atoms with E-state index >= 15 is 0 Å². The predicted molar refractivity (Wildman–Crippen MR) is 26.4 cm³/mol. The molecule has 3 heteroatoms. The van der Waals surface area contributed by atoms with Gasteiger partial charge in [-0.1, -0.05) is 0 Å². The molecule has 0 aromatic carbocycles. The molecule has 36 valence electrons. The maximum atomic E-state index is 4.90. The molecule has 0 amide bonds. The summed E-state index contributed by atoms with van der Waals surface area (Å²) in [4.78, 5) is 2.87. The Morgan fingerprint density at radius 3 is 2.67 bits per heavy atom. The van der Waals surface area contributed by atoms with Crippen molar-refractivity contribution in [2.75, 3.05) is 13.7 Å². The minimum Gasteiger partial charge on any atom is -0.403 e. The molecule has 0 rings (SSSR count). The number of nitrogens with one attached hydrogen (secondary N) is 1. The van der Waals surface area contributed by atoms with Crippen molar-refractivity contribution in [1.82, 2.24) is 4.98 Å². The van der Waals surface area contributed by atoms with Crippen molar-refractivity contribution in [2.45, 2.75) is 6.92 Å². The van der Waals surface area contributed by atoms with E-state index in [1.165, 1.54) is 0 Å². The fourth-order valence-corrected chi connectivity index (χ4v) is 0.433. The van der Waals surface area contributed by atoms with Gasteiger partial charge in [0, 0.05) is 6.61 Å². The summed E-state index contributed by atoms with van der Waals surface area (Å²) < 4.78 is 4.90. The van der Waals surface area contributed by atoms with Crippen molar-refractivity contribution in [3.63, 3.8) is 0 Å². The fraction of sp³-hybridized carbons (Fsp3) is 1.00. The van der Waals surface area contributed by atoms with E-state index in [-0.39, 0.29) is 0 Å². The predicted octanol–water partition coefficient (Wildman–Crippen LogP) is -0.224. The van der Waals surface area contributed by atoms with Crippen LogP contribution in [0.3, 0.4) is 0 Å². The van der Waals surface area contributed by atoms with E-state index in [0.29, 0.717) is 9.92 Å². The van der Waals surface area contributed by atoms with Gasteiger partial charge in [-0.2, -0.15) is 0 Å². The van der Waals surface area contributed by atoms with E-state index < -0.39 is 0 Å². The maximum absolute atomic E-state index is 4.90. The Morgan fingerprint density at radius 1 is 1.83 bits per heavy atom. The Hall–Kier alpha value is 0.137. The summed E-state index contributed by atoms with van der Waals surface area (Å²) in [7, 11) is 2.33. The molecule has 0 fully saturated rings. The first-order valence-electron chi connectivity index (χ1n) is 1.95. The molecule has 0 atom stereocenters. The van der Waals surface area contributed by atoms with Gasteiger partial charge in [-0.25, -0.2) is 0 Å². The monoisotopic (exact) mass is 103 g/mol. The highest BCUT2D eigenvalue weighted by Crippen LogP contribution is 1.58. The molecular weight excluding hydrogens is 94.1 g/mol. The zero-order valence-electron chi connectivity index (χ0n) is 4.12. The van der Waals surface area contributed by atoms with Gasteiger partial charge in [0.1, 0.15) is 0 Å². The van der Waals surface area contributed by atoms with Gasteiger partial charge in [-0.05, 0) is 14.0 Å². The molecule has 0 aromatic rings. The van der Waals surface area contributed by atoms with E-state index in [2.05, 4.69) is 4.98 Å². The third-order valence-electron chi connectivity index (χ3n) is 0.319. The van der Waals surface area contributed by atoms with Gasteiger partial charge in [0.05, 0.1) is 0 Å². The Kier molecular flexibility index (Phi) is 5.25. The van der Waals surface area contributed by atoms with Crippen molar-refractivity contribution in [3.8, 4) is 0 Å². The molecule has 1 N–H and O–H groups in total. The molecule has 0 aliphatic rings. The second-order valence-electron chi connectivity index (χ2n) is 0.785. The van der Waals surface area contributed by atoms with E-state index in [1.807, 2.05) is 14.0 Å². The van der Waals surface area contributed by atoms with Crippen LogP contribution < -0.4 is 4.98 Å². The summed E-state index contributed by atoms with van der Waals surface area (Å²) >= 11 is 0. The van der Waals surface area contributed by atoms with E-state index in [1.54, 1.807) is 0 Å². The van der Waals surface area contributed by atoms with Crippen molar-refractivity contribution in [3.05, 3.63) is 0 Å². The first-order valence-corrected chi connectivity index (χ1v) is 2.86. The van der Waals surface area contributed by atoms with Crippen molar-refractivity contribution in [2.24, 2.45) is 0 Å². The van der Waals surface area contributed by atoms with Crippen LogP contribution in [0.15, 0.2) is 0 Å². The third-order valence-corrected chi connectivity index (χ3v) is 0.956. The molecule has 0 spiro atoms. The summed E-state index contributed by atoms with van der Waals surface area (Å²) in [5, 5.41) is 0. The first-order chi connectivity index (χ1) is 2.91. The third kappa shape index (κ3) is 4.14. The van der Waals surface area contributed by atoms with E-state index in [4.69, 9.17) is 4.43 Å². The normalized spacial score (nSPS) is 9.00. The highest BCUT2D eigenvalue weighted by Gasteiger charge is 1.76. The maximum Gasteiger partial charge on any atom is 0.337 e. The molecule has 2 radical (unpaired) electrons. The van der Waals surface area contributed by atoms with Gasteiger partial charge in [0.25, 0.3) is 0 Å². The molecule has 0 aromatic heterocycles. The van der Waals surface area contributed by atoms with Gasteiger partial charge >= 0.3 is 9.92 Å². The number of hydrogen-bond acceptors (Lipinski definition) is 2. The van der Waals surface area contributed by atoms with Crippen LogP contribution in [0.1, 0.15) is 6.92 Å². The minimum absolute atomic E-state index is 0.465. The van der Waals surface area contributed by atoms with Gasteiger partial charge in [-0.3, -0.25) is 0 Å². The molecule has 6 heavy (non-hydrogen) atoms. The van der Waals surface area contributed by atoms with E-state index in [9.17, 15) is 0 Å². The van der Waals surface area contributed by atoms with Crippen LogP contribution in [-0.4, -0.2) is 23.6 Å². The number of hydrogen-bond donors (Lipinski definition) is 1. The van der Waals surface area contributed by atoms with Crippen LogP contribution >= 0.6 is 0 Å². The van der Waals surface area contributed by atoms with Gasteiger partial charge in [0.2, 0.25) is 0 Å². The summed E-state index contributed by atoms with van der Waals surface area (Å²) in [6.07, 6.45) is 0. The molecule has 0 saturated heterocycles. The van der Waals surface area contributed by atoms with Gasteiger partial charge in [0.15, 0.2) is 0 Å². The lowest BCUT2D eigenvalue weighted by molar-refractivity contribution is 0.355. The van der Waals surface area contributed by atoms with Crippen molar-refractivity contribution < 1.29 is 4.43 Å². The SMILES string of the molecule is CCO[Si]NC. The lowest BCUT2D eigenvalue weighted by Crippen LogP contribution is -2.15. The van der Waals surface area contributed by atoms with Gasteiger partial charge < -0.3 is 9.41 Å². The number of rotatable bonds is 3. The van der Waals surface area contributed by atoms with Crippen molar-refractivity contribution >= 4 is 9.92 Å². The van der Waals surface area contributed by atoms with Crippen LogP contribution in [-0.2, 0) is 4.43 Å². The second kappa shape index (κ2) is 5.14. The molecule has 0 bridgehead atoms. The smallest absolute Gasteiger partial charge is 0.337 e. The Morgan fingerprint density at radius 2 is 2.50 bits per heavy atom. The summed E-state index contributed by atoms with van der Waals surface area (Å²) in [6.45, 7) is 2.78. The molecule has 0 heterocycles. The Bertz CT molecular complexity index is 22.8. The van der Waals surface area contributed by atoms with Crippen LogP contribution in [0.2, 0.25) is 0 Å². The molecule has 0 saturated carbocycles. The molecule has 0 aliphatic carbocycles. The second-order valence-corrected chi connectivity index (χ2v) is 1.78. The van der Waals surface area contributed by atoms with E-state index in [0.717, 1.165) is 6.61 Å². The van der Waals surface area contributed by atoms with Crippen LogP contribution in [0, 0.1) is 0 Å². The fourth-order valence-electron chi connectivity index (χ4n) is 0.144. The molecule has 0 unspecified atom stereocenters. The summed E-state index contributed by atoms with van der Waals surface area (Å²) in [6, 6.07) is 0. The topological polar surface area (TPSA) is 21.3 Å². The average Bonchev–Trinajstić information content (AvgIpc) is 1.61. The standard InChI is InChI=1S/C3H9NOSi/c1-3-5-6-4-2/h4H,3H2,1-2H3. The van der Waals surface area contributed by atoms with Crippen molar-refractivity contribution in [1.29, 1.82) is 0 Å². The molecular formula is C3H9NOSi. The lowest BCUT2D eigenvalue weighted by atomic mass is 10.9. The Balaban J connectivity index is 2.34. The Labute approximate surface area is 40.9 Å². The van der Waals surface area contributed by atoms with Gasteiger partial charge in [-0.15, -0.1) is 0 Å². The summed E-state index contributed by atoms with van der Waals surface area (Å²) in [5.41, 5.74) is 0. The van der Waals surface area contributed by atoms with Crippen LogP contribution in [0.25, 0.3) is 0 Å². The van der Waals surface area contributed by atoms with Crippen LogP contribution in [0.4, 0.5) is 0 Å². The quantitative estimate of drug-likeness (QED) is 0.394. The largest absolute Gasteiger partial charge is 0.403 e. The van der Waals surface area contributed by atoms with Crippen LogP contribution in [0.5, 0.6) is 0 Å².